The molecule has 0 atom stereocenters. The van der Waals surface area contributed by atoms with Crippen LogP contribution in [-0.4, -0.2) is 38.7 Å². The highest BCUT2D eigenvalue weighted by atomic mass is 16.5. The molecule has 3 amide bonds. The Kier molecular flexibility index (Phi) is 7.37. The van der Waals surface area contributed by atoms with Crippen molar-refractivity contribution in [1.82, 2.24) is 10.6 Å². The van der Waals surface area contributed by atoms with Gasteiger partial charge in [-0.05, 0) is 12.8 Å². The van der Waals surface area contributed by atoms with Crippen LogP contribution in [0.25, 0.3) is 0 Å². The molecule has 1 aromatic rings. The van der Waals surface area contributed by atoms with Crippen LogP contribution in [-0.2, 0) is 4.79 Å². The molecule has 1 fully saturated rings. The molecule has 0 spiro atoms. The maximum Gasteiger partial charge on any atom is 0.315 e. The molecule has 2 rings (SSSR count). The van der Waals surface area contributed by atoms with E-state index in [-0.39, 0.29) is 30.9 Å². The van der Waals surface area contributed by atoms with Gasteiger partial charge in [-0.3, -0.25) is 4.79 Å². The van der Waals surface area contributed by atoms with Crippen molar-refractivity contribution in [2.24, 2.45) is 0 Å². The van der Waals surface area contributed by atoms with E-state index in [1.54, 1.807) is 32.4 Å². The zero-order valence-corrected chi connectivity index (χ0v) is 14.9. The molecule has 25 heavy (non-hydrogen) atoms. The van der Waals surface area contributed by atoms with Crippen LogP contribution in [0.2, 0.25) is 0 Å². The minimum absolute atomic E-state index is 0.187. The zero-order chi connectivity index (χ0) is 18.1. The minimum atomic E-state index is -0.206. The summed E-state index contributed by atoms with van der Waals surface area (Å²) in [5, 5.41) is 8.46. The van der Waals surface area contributed by atoms with Crippen LogP contribution in [0.4, 0.5) is 10.5 Å². The van der Waals surface area contributed by atoms with Gasteiger partial charge in [0.2, 0.25) is 5.91 Å². The second-order valence-electron chi connectivity index (χ2n) is 6.13. The lowest BCUT2D eigenvalue weighted by molar-refractivity contribution is -0.116. The van der Waals surface area contributed by atoms with Crippen LogP contribution in [0, 0.1) is 0 Å². The molecule has 0 saturated heterocycles. The Labute approximate surface area is 148 Å². The van der Waals surface area contributed by atoms with Gasteiger partial charge in [-0.2, -0.15) is 0 Å². The molecule has 1 aromatic carbocycles. The molecule has 0 radical (unpaired) electrons. The van der Waals surface area contributed by atoms with E-state index in [0.29, 0.717) is 17.2 Å². The smallest absolute Gasteiger partial charge is 0.315 e. The average molecular weight is 349 g/mol. The summed E-state index contributed by atoms with van der Waals surface area (Å²) in [6.45, 7) is 0.283. The molecule has 7 nitrogen and oxygen atoms in total. The molecule has 7 heteroatoms. The Bertz CT molecular complexity index is 563. The molecular formula is C18H27N3O4. The standard InChI is InChI=1S/C18H27N3O4/c1-24-15-10-14(11-16(12-15)25-2)20-17(22)8-9-19-18(23)21-13-6-4-3-5-7-13/h10-13H,3-9H2,1-2H3,(H,20,22)(H2,19,21,23). The van der Waals surface area contributed by atoms with E-state index in [2.05, 4.69) is 16.0 Å². The van der Waals surface area contributed by atoms with Crippen molar-refractivity contribution in [3.05, 3.63) is 18.2 Å². The number of amides is 3. The van der Waals surface area contributed by atoms with Crippen LogP contribution in [0.3, 0.4) is 0 Å². The largest absolute Gasteiger partial charge is 0.497 e. The summed E-state index contributed by atoms with van der Waals surface area (Å²) in [6, 6.07) is 5.20. The normalized spacial score (nSPS) is 14.5. The molecule has 0 unspecified atom stereocenters. The monoisotopic (exact) mass is 349 g/mol. The van der Waals surface area contributed by atoms with Crippen molar-refractivity contribution in [1.29, 1.82) is 0 Å². The van der Waals surface area contributed by atoms with Crippen molar-refractivity contribution in [2.75, 3.05) is 26.1 Å². The van der Waals surface area contributed by atoms with Crippen LogP contribution in [0.5, 0.6) is 11.5 Å². The number of urea groups is 1. The number of methoxy groups -OCH3 is 2. The van der Waals surface area contributed by atoms with Crippen molar-refractivity contribution >= 4 is 17.6 Å². The Balaban J connectivity index is 1.72. The summed E-state index contributed by atoms with van der Waals surface area (Å²) < 4.78 is 10.3. The summed E-state index contributed by atoms with van der Waals surface area (Å²) >= 11 is 0. The van der Waals surface area contributed by atoms with Gasteiger partial charge in [-0.25, -0.2) is 4.79 Å². The molecule has 0 aliphatic heterocycles. The predicted molar refractivity (Wildman–Crippen MR) is 96.2 cm³/mol. The molecule has 138 valence electrons. The predicted octanol–water partition coefficient (Wildman–Crippen LogP) is 2.66. The van der Waals surface area contributed by atoms with E-state index in [4.69, 9.17) is 9.47 Å². The maximum atomic E-state index is 12.0. The molecular weight excluding hydrogens is 322 g/mol. The lowest BCUT2D eigenvalue weighted by atomic mass is 9.96. The molecule has 1 aliphatic rings. The molecule has 1 saturated carbocycles. The highest BCUT2D eigenvalue weighted by Gasteiger charge is 2.15. The number of ether oxygens (including phenoxy) is 2. The summed E-state index contributed by atoms with van der Waals surface area (Å²) in [5.41, 5.74) is 0.591. The topological polar surface area (TPSA) is 88.7 Å². The third-order valence-corrected chi connectivity index (χ3v) is 4.21. The highest BCUT2D eigenvalue weighted by Crippen LogP contribution is 2.25. The first-order valence-corrected chi connectivity index (χ1v) is 8.68. The lowest BCUT2D eigenvalue weighted by Gasteiger charge is -2.22. The molecule has 3 N–H and O–H groups in total. The first kappa shape index (κ1) is 18.9. The number of carbonyl (C=O) groups is 2. The zero-order valence-electron chi connectivity index (χ0n) is 14.9. The second kappa shape index (κ2) is 9.76. The van der Waals surface area contributed by atoms with Crippen LogP contribution in [0.15, 0.2) is 18.2 Å². The van der Waals surface area contributed by atoms with Crippen molar-refractivity contribution in [3.63, 3.8) is 0 Å². The first-order valence-electron chi connectivity index (χ1n) is 8.68. The number of carbonyl (C=O) groups excluding carboxylic acids is 2. The van der Waals surface area contributed by atoms with E-state index < -0.39 is 0 Å². The van der Waals surface area contributed by atoms with Gasteiger partial charge in [0.25, 0.3) is 0 Å². The maximum absolute atomic E-state index is 12.0. The van der Waals surface area contributed by atoms with E-state index >= 15 is 0 Å². The van der Waals surface area contributed by atoms with E-state index in [9.17, 15) is 9.59 Å². The number of nitrogens with one attached hydrogen (secondary N) is 3. The van der Waals surface area contributed by atoms with Gasteiger partial charge in [0, 0.05) is 42.9 Å². The number of hydrogen-bond donors (Lipinski definition) is 3. The number of anilines is 1. The van der Waals surface area contributed by atoms with Gasteiger partial charge >= 0.3 is 6.03 Å². The van der Waals surface area contributed by atoms with Crippen molar-refractivity contribution < 1.29 is 19.1 Å². The molecule has 0 aromatic heterocycles. The number of benzene rings is 1. The quantitative estimate of drug-likeness (QED) is 0.706. The Morgan fingerprint density at radius 1 is 1.04 bits per heavy atom. The first-order chi connectivity index (χ1) is 12.1. The molecule has 0 bridgehead atoms. The lowest BCUT2D eigenvalue weighted by Crippen LogP contribution is -2.43. The van der Waals surface area contributed by atoms with Gasteiger partial charge in [0.05, 0.1) is 14.2 Å². The second-order valence-corrected chi connectivity index (χ2v) is 6.13. The van der Waals surface area contributed by atoms with Gasteiger partial charge < -0.3 is 25.4 Å². The highest BCUT2D eigenvalue weighted by molar-refractivity contribution is 5.91. The fourth-order valence-corrected chi connectivity index (χ4v) is 2.88. The number of rotatable bonds is 7. The van der Waals surface area contributed by atoms with Gasteiger partial charge in [-0.1, -0.05) is 19.3 Å². The van der Waals surface area contributed by atoms with Crippen molar-refractivity contribution in [2.45, 2.75) is 44.6 Å². The van der Waals surface area contributed by atoms with E-state index in [1.807, 2.05) is 0 Å². The summed E-state index contributed by atoms with van der Waals surface area (Å²) in [5.74, 6) is 1.01. The fraction of sp³-hybridized carbons (Fsp3) is 0.556. The van der Waals surface area contributed by atoms with Crippen molar-refractivity contribution in [3.8, 4) is 11.5 Å². The van der Waals surface area contributed by atoms with Crippen LogP contribution in [0.1, 0.15) is 38.5 Å². The summed E-state index contributed by atoms with van der Waals surface area (Å²) in [6.07, 6.45) is 5.83. The third kappa shape index (κ3) is 6.52. The fourth-order valence-electron chi connectivity index (χ4n) is 2.88. The number of hydrogen-bond acceptors (Lipinski definition) is 4. The molecule has 1 aliphatic carbocycles. The van der Waals surface area contributed by atoms with Crippen LogP contribution >= 0.6 is 0 Å². The summed E-state index contributed by atoms with van der Waals surface area (Å²) in [4.78, 5) is 23.8. The van der Waals surface area contributed by atoms with E-state index in [0.717, 1.165) is 25.7 Å². The molecule has 0 heterocycles. The van der Waals surface area contributed by atoms with Gasteiger partial charge in [0.1, 0.15) is 11.5 Å². The van der Waals surface area contributed by atoms with Gasteiger partial charge in [-0.15, -0.1) is 0 Å². The Morgan fingerprint density at radius 3 is 2.28 bits per heavy atom. The van der Waals surface area contributed by atoms with Gasteiger partial charge in [0.15, 0.2) is 0 Å². The third-order valence-electron chi connectivity index (χ3n) is 4.21. The average Bonchev–Trinajstić information content (AvgIpc) is 2.62. The van der Waals surface area contributed by atoms with E-state index in [1.165, 1.54) is 6.42 Å². The Hall–Kier alpha value is -2.44. The Morgan fingerprint density at radius 2 is 1.68 bits per heavy atom. The minimum Gasteiger partial charge on any atom is -0.497 e. The summed E-state index contributed by atoms with van der Waals surface area (Å²) in [7, 11) is 3.10. The van der Waals surface area contributed by atoms with Crippen LogP contribution < -0.4 is 25.4 Å². The SMILES string of the molecule is COc1cc(NC(=O)CCNC(=O)NC2CCCCC2)cc(OC)c1.